The molecule has 2 atom stereocenters. The van der Waals surface area contributed by atoms with Gasteiger partial charge in [0.15, 0.2) is 0 Å². The summed E-state index contributed by atoms with van der Waals surface area (Å²) in [6.45, 7) is 0.363. The van der Waals surface area contributed by atoms with E-state index in [2.05, 4.69) is 0 Å². The zero-order valence-corrected chi connectivity index (χ0v) is 10.7. The van der Waals surface area contributed by atoms with E-state index in [9.17, 15) is 14.0 Å². The molecule has 4 nitrogen and oxygen atoms in total. The second-order valence-corrected chi connectivity index (χ2v) is 4.95. The van der Waals surface area contributed by atoms with Crippen LogP contribution >= 0.6 is 0 Å². The van der Waals surface area contributed by atoms with Crippen molar-refractivity contribution in [3.63, 3.8) is 0 Å². The summed E-state index contributed by atoms with van der Waals surface area (Å²) in [5.74, 6) is -2.34. The van der Waals surface area contributed by atoms with Crippen LogP contribution in [0.3, 0.4) is 0 Å². The third-order valence-corrected chi connectivity index (χ3v) is 3.62. The van der Waals surface area contributed by atoms with Gasteiger partial charge in [-0.25, -0.2) is 4.39 Å². The molecule has 102 valence electrons. The third-order valence-electron chi connectivity index (χ3n) is 3.62. The van der Waals surface area contributed by atoms with Crippen molar-refractivity contribution in [1.82, 2.24) is 4.90 Å². The zero-order chi connectivity index (χ0) is 14.0. The molecule has 2 rings (SSSR count). The van der Waals surface area contributed by atoms with Crippen LogP contribution in [-0.4, -0.2) is 28.9 Å². The molecular formula is C14H16FNO3. The number of aliphatic carboxylic acids is 1. The van der Waals surface area contributed by atoms with Crippen molar-refractivity contribution in [2.45, 2.75) is 19.4 Å². The molecule has 0 aliphatic heterocycles. The maximum Gasteiger partial charge on any atom is 0.307 e. The fraction of sp³-hybridized carbons (Fsp3) is 0.429. The second-order valence-electron chi connectivity index (χ2n) is 4.95. The summed E-state index contributed by atoms with van der Waals surface area (Å²) in [6, 6.07) is 5.93. The average Bonchev–Trinajstić information content (AvgIpc) is 2.29. The lowest BCUT2D eigenvalue weighted by Crippen LogP contribution is -2.44. The number of hydrogen-bond donors (Lipinski definition) is 1. The van der Waals surface area contributed by atoms with E-state index in [1.807, 2.05) is 0 Å². The molecule has 0 radical (unpaired) electrons. The molecule has 2 unspecified atom stereocenters. The third kappa shape index (κ3) is 2.92. The minimum absolute atomic E-state index is 0.150. The summed E-state index contributed by atoms with van der Waals surface area (Å²) in [4.78, 5) is 24.5. The van der Waals surface area contributed by atoms with Gasteiger partial charge in [0.05, 0.1) is 11.8 Å². The molecule has 1 amide bonds. The van der Waals surface area contributed by atoms with Crippen molar-refractivity contribution >= 4 is 11.9 Å². The molecule has 0 aromatic heterocycles. The van der Waals surface area contributed by atoms with E-state index in [-0.39, 0.29) is 11.7 Å². The summed E-state index contributed by atoms with van der Waals surface area (Å²) in [5, 5.41) is 8.94. The first-order valence-electron chi connectivity index (χ1n) is 6.21. The molecule has 1 saturated carbocycles. The van der Waals surface area contributed by atoms with Gasteiger partial charge in [-0.1, -0.05) is 12.1 Å². The molecule has 0 saturated heterocycles. The lowest BCUT2D eigenvalue weighted by molar-refractivity contribution is -0.156. The number of benzene rings is 1. The minimum atomic E-state index is -0.903. The molecule has 0 spiro atoms. The Bertz CT molecular complexity index is 486. The van der Waals surface area contributed by atoms with E-state index in [0.29, 0.717) is 19.4 Å². The molecule has 1 N–H and O–H groups in total. The highest BCUT2D eigenvalue weighted by atomic mass is 19.1. The van der Waals surface area contributed by atoms with Crippen molar-refractivity contribution in [3.05, 3.63) is 35.6 Å². The van der Waals surface area contributed by atoms with Crippen LogP contribution in [0.4, 0.5) is 4.39 Å². The lowest BCUT2D eigenvalue weighted by atomic mass is 9.73. The van der Waals surface area contributed by atoms with Crippen LogP contribution in [0.15, 0.2) is 24.3 Å². The first-order valence-corrected chi connectivity index (χ1v) is 6.21. The number of carboxylic acids is 1. The fourth-order valence-corrected chi connectivity index (χ4v) is 2.32. The topological polar surface area (TPSA) is 57.6 Å². The van der Waals surface area contributed by atoms with Crippen LogP contribution in [0.2, 0.25) is 0 Å². The molecule has 1 aliphatic carbocycles. The van der Waals surface area contributed by atoms with Crippen LogP contribution in [0.1, 0.15) is 18.4 Å². The van der Waals surface area contributed by atoms with Crippen molar-refractivity contribution in [2.24, 2.45) is 11.8 Å². The van der Waals surface area contributed by atoms with E-state index < -0.39 is 17.8 Å². The van der Waals surface area contributed by atoms with Gasteiger partial charge in [0.1, 0.15) is 5.82 Å². The van der Waals surface area contributed by atoms with Gasteiger partial charge in [-0.05, 0) is 30.5 Å². The van der Waals surface area contributed by atoms with Gasteiger partial charge in [-0.2, -0.15) is 0 Å². The summed E-state index contributed by atoms with van der Waals surface area (Å²) in [5.41, 5.74) is 0.823. The highest BCUT2D eigenvalue weighted by Crippen LogP contribution is 2.35. The monoisotopic (exact) mass is 265 g/mol. The average molecular weight is 265 g/mol. The Hall–Kier alpha value is -1.91. The number of halogens is 1. The Balaban J connectivity index is 1.96. The molecule has 0 bridgehead atoms. The van der Waals surface area contributed by atoms with Gasteiger partial charge in [0.25, 0.3) is 0 Å². The first-order chi connectivity index (χ1) is 8.99. The van der Waals surface area contributed by atoms with Gasteiger partial charge in [-0.15, -0.1) is 0 Å². The SMILES string of the molecule is CN(Cc1ccc(F)cc1)C(=O)C1CCC1C(=O)O. The van der Waals surface area contributed by atoms with Gasteiger partial charge in [0.2, 0.25) is 5.91 Å². The quantitative estimate of drug-likeness (QED) is 0.904. The minimum Gasteiger partial charge on any atom is -0.481 e. The number of rotatable bonds is 4. The van der Waals surface area contributed by atoms with E-state index in [1.54, 1.807) is 19.2 Å². The summed E-state index contributed by atoms with van der Waals surface area (Å²) < 4.78 is 12.8. The molecule has 1 aliphatic rings. The summed E-state index contributed by atoms with van der Waals surface area (Å²) in [6.07, 6.45) is 1.19. The van der Waals surface area contributed by atoms with Crippen molar-refractivity contribution in [3.8, 4) is 0 Å². The maximum absolute atomic E-state index is 12.8. The van der Waals surface area contributed by atoms with Crippen molar-refractivity contribution in [2.75, 3.05) is 7.05 Å². The predicted octanol–water partition coefficient (Wildman–Crippen LogP) is 1.89. The smallest absolute Gasteiger partial charge is 0.307 e. The normalized spacial score (nSPS) is 21.6. The Morgan fingerprint density at radius 1 is 1.26 bits per heavy atom. The van der Waals surface area contributed by atoms with Gasteiger partial charge in [0, 0.05) is 13.6 Å². The van der Waals surface area contributed by atoms with Gasteiger partial charge < -0.3 is 10.0 Å². The number of carbonyl (C=O) groups excluding carboxylic acids is 1. The van der Waals surface area contributed by atoms with Gasteiger partial charge in [-0.3, -0.25) is 9.59 Å². The van der Waals surface area contributed by atoms with E-state index in [0.717, 1.165) is 5.56 Å². The second kappa shape index (κ2) is 5.38. The zero-order valence-electron chi connectivity index (χ0n) is 10.7. The molecule has 1 aromatic rings. The van der Waals surface area contributed by atoms with Crippen LogP contribution in [0.25, 0.3) is 0 Å². The van der Waals surface area contributed by atoms with E-state index >= 15 is 0 Å². The predicted molar refractivity (Wildman–Crippen MR) is 66.7 cm³/mol. The Kier molecular flexibility index (Phi) is 3.83. The molecule has 19 heavy (non-hydrogen) atoms. The Labute approximate surface area is 110 Å². The fourth-order valence-electron chi connectivity index (χ4n) is 2.32. The number of nitrogens with zero attached hydrogens (tertiary/aromatic N) is 1. The Morgan fingerprint density at radius 3 is 2.32 bits per heavy atom. The van der Waals surface area contributed by atoms with Crippen LogP contribution < -0.4 is 0 Å². The van der Waals surface area contributed by atoms with E-state index in [1.165, 1.54) is 17.0 Å². The standard InChI is InChI=1S/C14H16FNO3/c1-16(8-9-2-4-10(15)5-3-9)13(17)11-6-7-12(11)14(18)19/h2-5,11-12H,6-8H2,1H3,(H,18,19). The van der Waals surface area contributed by atoms with Crippen LogP contribution in [-0.2, 0) is 16.1 Å². The van der Waals surface area contributed by atoms with Crippen molar-refractivity contribution in [1.29, 1.82) is 0 Å². The summed E-state index contributed by atoms with van der Waals surface area (Å²) in [7, 11) is 1.64. The molecule has 0 heterocycles. The lowest BCUT2D eigenvalue weighted by Gasteiger charge is -2.35. The van der Waals surface area contributed by atoms with Crippen LogP contribution in [0, 0.1) is 17.7 Å². The Morgan fingerprint density at radius 2 is 1.84 bits per heavy atom. The highest BCUT2D eigenvalue weighted by molar-refractivity contribution is 5.86. The van der Waals surface area contributed by atoms with Gasteiger partial charge >= 0.3 is 5.97 Å². The number of amides is 1. The maximum atomic E-state index is 12.8. The molecule has 1 fully saturated rings. The molecule has 1 aromatic carbocycles. The number of carboxylic acid groups (broad SMARTS) is 1. The largest absolute Gasteiger partial charge is 0.481 e. The molecular weight excluding hydrogens is 249 g/mol. The van der Waals surface area contributed by atoms with E-state index in [4.69, 9.17) is 5.11 Å². The molecule has 5 heteroatoms. The first kappa shape index (κ1) is 13.5. The summed E-state index contributed by atoms with van der Waals surface area (Å²) >= 11 is 0. The number of hydrogen-bond acceptors (Lipinski definition) is 2. The van der Waals surface area contributed by atoms with Crippen LogP contribution in [0.5, 0.6) is 0 Å². The number of carbonyl (C=O) groups is 2. The van der Waals surface area contributed by atoms with Crippen molar-refractivity contribution < 1.29 is 19.1 Å². The highest BCUT2D eigenvalue weighted by Gasteiger charge is 2.42.